The molecule has 0 aliphatic heterocycles. The van der Waals surface area contributed by atoms with Crippen molar-refractivity contribution in [2.24, 2.45) is 5.73 Å². The van der Waals surface area contributed by atoms with Gasteiger partial charge in [-0.2, -0.15) is 0 Å². The van der Waals surface area contributed by atoms with Gasteiger partial charge in [-0.3, -0.25) is 0 Å². The van der Waals surface area contributed by atoms with Crippen LogP contribution < -0.4 is 10.5 Å². The third kappa shape index (κ3) is 5.12. The first-order chi connectivity index (χ1) is 11.3. The Kier molecular flexibility index (Phi) is 6.10. The van der Waals surface area contributed by atoms with E-state index in [-0.39, 0.29) is 12.1 Å². The predicted molar refractivity (Wildman–Crippen MR) is 94.5 cm³/mol. The maximum Gasteiger partial charge on any atom is 0.215 e. The normalized spacial score (nSPS) is 13.2. The molecule has 0 heterocycles. The molecule has 2 rings (SSSR count). The molecule has 0 fully saturated rings. The smallest absolute Gasteiger partial charge is 0.215 e. The Morgan fingerprint density at radius 2 is 1.62 bits per heavy atom. The Morgan fingerprint density at radius 1 is 1.04 bits per heavy atom. The highest BCUT2D eigenvalue weighted by atomic mass is 32.2. The third-order valence-corrected chi connectivity index (χ3v) is 5.16. The van der Waals surface area contributed by atoms with E-state index in [9.17, 15) is 12.8 Å². The molecule has 2 aromatic rings. The molecular formula is C18H23FN2O2S. The van der Waals surface area contributed by atoms with Crippen LogP contribution in [0.1, 0.15) is 42.5 Å². The molecule has 0 spiro atoms. The van der Waals surface area contributed by atoms with Gasteiger partial charge in [0.1, 0.15) is 5.82 Å². The van der Waals surface area contributed by atoms with Crippen LogP contribution in [0.25, 0.3) is 0 Å². The third-order valence-electron chi connectivity index (χ3n) is 3.86. The molecule has 0 aliphatic carbocycles. The van der Waals surface area contributed by atoms with Crippen LogP contribution in [0.4, 0.5) is 4.39 Å². The van der Waals surface area contributed by atoms with Gasteiger partial charge in [-0.1, -0.05) is 56.3 Å². The highest BCUT2D eigenvalue weighted by molar-refractivity contribution is 7.88. The fourth-order valence-corrected chi connectivity index (χ4v) is 3.51. The summed E-state index contributed by atoms with van der Waals surface area (Å²) >= 11 is 0. The lowest BCUT2D eigenvalue weighted by molar-refractivity contribution is 0.566. The zero-order chi connectivity index (χ0) is 17.7. The van der Waals surface area contributed by atoms with Gasteiger partial charge in [0, 0.05) is 18.2 Å². The van der Waals surface area contributed by atoms with Crippen LogP contribution in [0.15, 0.2) is 48.5 Å². The lowest BCUT2D eigenvalue weighted by atomic mass is 9.99. The Bertz CT molecular complexity index is 774. The van der Waals surface area contributed by atoms with Gasteiger partial charge in [0.05, 0.1) is 5.75 Å². The number of sulfonamides is 1. The molecule has 0 bridgehead atoms. The fraction of sp³-hybridized carbons (Fsp3) is 0.333. The van der Waals surface area contributed by atoms with Crippen molar-refractivity contribution in [2.45, 2.75) is 31.6 Å². The van der Waals surface area contributed by atoms with Crippen LogP contribution in [0.2, 0.25) is 0 Å². The summed E-state index contributed by atoms with van der Waals surface area (Å²) in [4.78, 5) is 0. The van der Waals surface area contributed by atoms with Crippen molar-refractivity contribution in [3.05, 3.63) is 71.0 Å². The summed E-state index contributed by atoms with van der Waals surface area (Å²) in [6.07, 6.45) is 0. The number of nitrogens with two attached hydrogens (primary N) is 1. The molecule has 1 atom stereocenters. The molecule has 0 aliphatic rings. The standard InChI is InChI=1S/C18H23FN2O2S/c1-13(2)14-7-9-15(10-8-14)18(20)11-21-24(22,23)12-16-5-3-4-6-17(16)19/h3-10,13,18,21H,11-12,20H2,1-2H3/t18-/m0/s1. The fourth-order valence-electron chi connectivity index (χ4n) is 2.33. The summed E-state index contributed by atoms with van der Waals surface area (Å²) in [5.41, 5.74) is 8.24. The van der Waals surface area contributed by atoms with E-state index in [4.69, 9.17) is 5.73 Å². The Morgan fingerprint density at radius 3 is 2.21 bits per heavy atom. The van der Waals surface area contributed by atoms with Gasteiger partial charge in [-0.05, 0) is 23.1 Å². The van der Waals surface area contributed by atoms with Crippen LogP contribution in [-0.4, -0.2) is 15.0 Å². The summed E-state index contributed by atoms with van der Waals surface area (Å²) in [7, 11) is -3.65. The van der Waals surface area contributed by atoms with Gasteiger partial charge < -0.3 is 5.73 Å². The first-order valence-corrected chi connectivity index (χ1v) is 9.50. The Hall–Kier alpha value is -1.76. The van der Waals surface area contributed by atoms with Crippen LogP contribution in [0.5, 0.6) is 0 Å². The van der Waals surface area contributed by atoms with Crippen molar-refractivity contribution in [3.63, 3.8) is 0 Å². The first-order valence-electron chi connectivity index (χ1n) is 7.84. The quantitative estimate of drug-likeness (QED) is 0.806. The number of benzene rings is 2. The second kappa shape index (κ2) is 7.88. The Balaban J connectivity index is 1.97. The Labute approximate surface area is 142 Å². The zero-order valence-electron chi connectivity index (χ0n) is 13.9. The van der Waals surface area contributed by atoms with Gasteiger partial charge in [-0.15, -0.1) is 0 Å². The van der Waals surface area contributed by atoms with Gasteiger partial charge >= 0.3 is 0 Å². The van der Waals surface area contributed by atoms with Crippen LogP contribution in [-0.2, 0) is 15.8 Å². The van der Waals surface area contributed by atoms with Crippen molar-refractivity contribution in [1.82, 2.24) is 4.72 Å². The molecule has 0 amide bonds. The maximum atomic E-state index is 13.6. The number of hydrogen-bond acceptors (Lipinski definition) is 3. The summed E-state index contributed by atoms with van der Waals surface area (Å²) in [6, 6.07) is 13.2. The number of rotatable bonds is 7. The number of halogens is 1. The molecule has 0 radical (unpaired) electrons. The van der Waals surface area contributed by atoms with Gasteiger partial charge in [0.25, 0.3) is 0 Å². The molecule has 3 N–H and O–H groups in total. The maximum absolute atomic E-state index is 13.6. The zero-order valence-corrected chi connectivity index (χ0v) is 14.7. The number of nitrogens with one attached hydrogen (secondary N) is 1. The molecular weight excluding hydrogens is 327 g/mol. The van der Waals surface area contributed by atoms with Crippen molar-refractivity contribution in [1.29, 1.82) is 0 Å². The van der Waals surface area contributed by atoms with Gasteiger partial charge in [0.2, 0.25) is 10.0 Å². The van der Waals surface area contributed by atoms with E-state index in [0.717, 1.165) is 5.56 Å². The summed E-state index contributed by atoms with van der Waals surface area (Å²) in [6.45, 7) is 4.27. The molecule has 4 nitrogen and oxygen atoms in total. The second-order valence-electron chi connectivity index (χ2n) is 6.13. The van der Waals surface area contributed by atoms with Gasteiger partial charge in [0.15, 0.2) is 0 Å². The molecule has 0 saturated heterocycles. The largest absolute Gasteiger partial charge is 0.323 e. The predicted octanol–water partition coefficient (Wildman–Crippen LogP) is 3.07. The van der Waals surface area contributed by atoms with E-state index in [2.05, 4.69) is 18.6 Å². The van der Waals surface area contributed by atoms with Crippen molar-refractivity contribution < 1.29 is 12.8 Å². The van der Waals surface area contributed by atoms with Crippen molar-refractivity contribution in [3.8, 4) is 0 Å². The van der Waals surface area contributed by atoms with E-state index in [1.807, 2.05) is 24.3 Å². The molecule has 24 heavy (non-hydrogen) atoms. The second-order valence-corrected chi connectivity index (χ2v) is 7.93. The van der Waals surface area contributed by atoms with Crippen LogP contribution in [0, 0.1) is 5.82 Å². The van der Waals surface area contributed by atoms with Gasteiger partial charge in [-0.25, -0.2) is 17.5 Å². The van der Waals surface area contributed by atoms with E-state index >= 15 is 0 Å². The van der Waals surface area contributed by atoms with Crippen molar-refractivity contribution in [2.75, 3.05) is 6.54 Å². The van der Waals surface area contributed by atoms with Crippen LogP contribution >= 0.6 is 0 Å². The SMILES string of the molecule is CC(C)c1ccc([C@@H](N)CNS(=O)(=O)Cc2ccccc2F)cc1. The molecule has 0 aromatic heterocycles. The number of hydrogen-bond donors (Lipinski definition) is 2. The lowest BCUT2D eigenvalue weighted by Gasteiger charge is -2.15. The monoisotopic (exact) mass is 350 g/mol. The first kappa shape index (κ1) is 18.6. The van der Waals surface area contributed by atoms with Crippen LogP contribution in [0.3, 0.4) is 0 Å². The lowest BCUT2D eigenvalue weighted by Crippen LogP contribution is -2.33. The van der Waals surface area contributed by atoms with Crippen molar-refractivity contribution >= 4 is 10.0 Å². The minimum Gasteiger partial charge on any atom is -0.323 e. The highest BCUT2D eigenvalue weighted by Gasteiger charge is 2.16. The molecule has 0 saturated carbocycles. The molecule has 6 heteroatoms. The summed E-state index contributed by atoms with van der Waals surface area (Å²) < 4.78 is 40.2. The average molecular weight is 350 g/mol. The minimum absolute atomic E-state index is 0.0673. The highest BCUT2D eigenvalue weighted by Crippen LogP contribution is 2.18. The van der Waals surface area contributed by atoms with E-state index in [1.165, 1.54) is 23.8 Å². The molecule has 0 unspecified atom stereocenters. The topological polar surface area (TPSA) is 72.2 Å². The minimum atomic E-state index is -3.65. The van der Waals surface area contributed by atoms with E-state index in [1.54, 1.807) is 6.07 Å². The summed E-state index contributed by atoms with van der Waals surface area (Å²) in [5, 5.41) is 0. The summed E-state index contributed by atoms with van der Waals surface area (Å²) in [5.74, 6) is -0.510. The molecule has 2 aromatic carbocycles. The van der Waals surface area contributed by atoms with E-state index < -0.39 is 27.6 Å². The molecule has 130 valence electrons. The van der Waals surface area contributed by atoms with E-state index in [0.29, 0.717) is 5.92 Å². The average Bonchev–Trinajstić information content (AvgIpc) is 2.55.